The topological polar surface area (TPSA) is 96.4 Å². The molecule has 1 N–H and O–H groups in total. The van der Waals surface area contributed by atoms with E-state index in [1.165, 1.54) is 18.9 Å². The Balaban J connectivity index is 1.59. The molecule has 33 heavy (non-hydrogen) atoms. The molecular weight excluding hydrogens is 464 g/mol. The van der Waals surface area contributed by atoms with Gasteiger partial charge in [-0.05, 0) is 49.5 Å². The number of carboxylic acid groups (broad SMARTS) is 1. The van der Waals surface area contributed by atoms with Crippen molar-refractivity contribution in [3.63, 3.8) is 0 Å². The predicted octanol–water partition coefficient (Wildman–Crippen LogP) is 3.54. The maximum Gasteiger partial charge on any atom is 0.303 e. The van der Waals surface area contributed by atoms with Gasteiger partial charge in [-0.25, -0.2) is 0 Å². The maximum absolute atomic E-state index is 12.8. The van der Waals surface area contributed by atoms with Crippen molar-refractivity contribution < 1.29 is 29.0 Å². The lowest BCUT2D eigenvalue weighted by molar-refractivity contribution is -0.137. The fourth-order valence-electron chi connectivity index (χ4n) is 3.66. The second-order valence-electron chi connectivity index (χ2n) is 7.82. The molecule has 178 valence electrons. The Labute approximate surface area is 202 Å². The van der Waals surface area contributed by atoms with Gasteiger partial charge in [0.25, 0.3) is 11.8 Å². The van der Waals surface area contributed by atoms with Crippen LogP contribution in [0, 0.1) is 0 Å². The summed E-state index contributed by atoms with van der Waals surface area (Å²) < 4.78 is 11.6. The first-order valence-corrected chi connectivity index (χ1v) is 12.2. The highest BCUT2D eigenvalue weighted by atomic mass is 32.2. The van der Waals surface area contributed by atoms with E-state index in [1.807, 2.05) is 0 Å². The smallest absolute Gasteiger partial charge is 0.303 e. The van der Waals surface area contributed by atoms with Crippen LogP contribution in [0.1, 0.15) is 44.1 Å². The molecular formula is C23H28N2O6S2. The van der Waals surface area contributed by atoms with E-state index >= 15 is 0 Å². The summed E-state index contributed by atoms with van der Waals surface area (Å²) in [5.74, 6) is -0.0550. The Morgan fingerprint density at radius 2 is 1.94 bits per heavy atom. The summed E-state index contributed by atoms with van der Waals surface area (Å²) in [6.45, 7) is 1.99. The Morgan fingerprint density at radius 1 is 1.18 bits per heavy atom. The van der Waals surface area contributed by atoms with Crippen LogP contribution in [0.5, 0.6) is 11.5 Å². The summed E-state index contributed by atoms with van der Waals surface area (Å²) in [6, 6.07) is 5.29. The Kier molecular flexibility index (Phi) is 9.13. The molecule has 0 spiro atoms. The molecule has 8 nitrogen and oxygen atoms in total. The van der Waals surface area contributed by atoms with Gasteiger partial charge < -0.3 is 19.5 Å². The number of methoxy groups -OCH3 is 1. The zero-order chi connectivity index (χ0) is 23.8. The molecule has 0 radical (unpaired) electrons. The van der Waals surface area contributed by atoms with Crippen molar-refractivity contribution in [3.8, 4) is 11.5 Å². The van der Waals surface area contributed by atoms with E-state index in [9.17, 15) is 14.4 Å². The summed E-state index contributed by atoms with van der Waals surface area (Å²) in [5, 5.41) is 8.71. The highest BCUT2D eigenvalue weighted by molar-refractivity contribution is 8.26. The molecule has 0 aromatic heterocycles. The van der Waals surface area contributed by atoms with Gasteiger partial charge in [0.05, 0.1) is 12.0 Å². The molecule has 2 aliphatic heterocycles. The van der Waals surface area contributed by atoms with Crippen LogP contribution in [0.4, 0.5) is 0 Å². The van der Waals surface area contributed by atoms with Gasteiger partial charge in [-0.2, -0.15) is 0 Å². The van der Waals surface area contributed by atoms with Gasteiger partial charge in [0.2, 0.25) is 0 Å². The SMILES string of the molecule is COc1cc(/C=C2\SC(=S)N(CCCCCC(=O)O)C2=O)ccc1OCC(=O)N1CCCC1. The van der Waals surface area contributed by atoms with E-state index in [4.69, 9.17) is 26.8 Å². The number of hydrogen-bond acceptors (Lipinski definition) is 7. The molecule has 2 saturated heterocycles. The monoisotopic (exact) mass is 492 g/mol. The van der Waals surface area contributed by atoms with Crippen molar-refractivity contribution >= 4 is 52.2 Å². The van der Waals surface area contributed by atoms with E-state index in [2.05, 4.69) is 0 Å². The number of amides is 2. The number of benzene rings is 1. The second-order valence-corrected chi connectivity index (χ2v) is 9.50. The van der Waals surface area contributed by atoms with Gasteiger partial charge in [-0.15, -0.1) is 0 Å². The number of thiocarbonyl (C=S) groups is 1. The summed E-state index contributed by atoms with van der Waals surface area (Å²) >= 11 is 6.60. The standard InChI is InChI=1S/C23H28N2O6S2/c1-30-18-13-16(8-9-17(18)31-15-20(26)24-10-5-6-11-24)14-19-22(29)25(23(32)33-19)12-4-2-3-7-21(27)28/h8-9,13-14H,2-7,10-12,15H2,1H3,(H,27,28)/b19-14-. The normalized spacial score (nSPS) is 17.2. The quantitative estimate of drug-likeness (QED) is 0.285. The Morgan fingerprint density at radius 3 is 2.64 bits per heavy atom. The fraction of sp³-hybridized carbons (Fsp3) is 0.478. The predicted molar refractivity (Wildman–Crippen MR) is 130 cm³/mol. The van der Waals surface area contributed by atoms with Crippen LogP contribution >= 0.6 is 24.0 Å². The van der Waals surface area contributed by atoms with Gasteiger partial charge >= 0.3 is 5.97 Å². The molecule has 3 rings (SSSR count). The molecule has 0 unspecified atom stereocenters. The molecule has 0 atom stereocenters. The van der Waals surface area contributed by atoms with Crippen LogP contribution < -0.4 is 9.47 Å². The van der Waals surface area contributed by atoms with Gasteiger partial charge in [0.15, 0.2) is 18.1 Å². The van der Waals surface area contributed by atoms with E-state index in [0.717, 1.165) is 37.9 Å². The minimum absolute atomic E-state index is 0.0368. The van der Waals surface area contributed by atoms with Crippen LogP contribution in [0.25, 0.3) is 6.08 Å². The first-order chi connectivity index (χ1) is 15.9. The number of thioether (sulfide) groups is 1. The number of rotatable bonds is 11. The molecule has 1 aromatic rings. The Bertz CT molecular complexity index is 943. The number of carboxylic acids is 1. The molecule has 2 aliphatic rings. The van der Waals surface area contributed by atoms with Gasteiger partial charge in [0.1, 0.15) is 4.32 Å². The van der Waals surface area contributed by atoms with Crippen molar-refractivity contribution in [1.82, 2.24) is 9.80 Å². The minimum Gasteiger partial charge on any atom is -0.493 e. The molecule has 10 heteroatoms. The summed E-state index contributed by atoms with van der Waals surface area (Å²) in [4.78, 5) is 39.5. The van der Waals surface area contributed by atoms with Crippen LogP contribution in [-0.2, 0) is 14.4 Å². The molecule has 0 aliphatic carbocycles. The second kappa shape index (κ2) is 12.0. The molecule has 0 saturated carbocycles. The lowest BCUT2D eigenvalue weighted by Gasteiger charge is -2.16. The van der Waals surface area contributed by atoms with E-state index in [-0.39, 0.29) is 24.8 Å². The van der Waals surface area contributed by atoms with E-state index < -0.39 is 5.97 Å². The molecule has 1 aromatic carbocycles. The molecule has 2 heterocycles. The number of ether oxygens (including phenoxy) is 2. The Hall–Kier alpha value is -2.59. The van der Waals surface area contributed by atoms with Crippen molar-refractivity contribution in [2.24, 2.45) is 0 Å². The lowest BCUT2D eigenvalue weighted by Crippen LogP contribution is -2.32. The minimum atomic E-state index is -0.811. The zero-order valence-electron chi connectivity index (χ0n) is 18.6. The fourth-order valence-corrected chi connectivity index (χ4v) is 4.97. The van der Waals surface area contributed by atoms with Crippen LogP contribution in [0.3, 0.4) is 0 Å². The summed E-state index contributed by atoms with van der Waals surface area (Å²) in [6.07, 6.45) is 5.95. The van der Waals surface area contributed by atoms with E-state index in [0.29, 0.717) is 40.1 Å². The van der Waals surface area contributed by atoms with Crippen LogP contribution in [0.2, 0.25) is 0 Å². The number of nitrogens with zero attached hydrogens (tertiary/aromatic N) is 2. The van der Waals surface area contributed by atoms with Gasteiger partial charge in [-0.3, -0.25) is 19.3 Å². The molecule has 2 fully saturated rings. The summed E-state index contributed by atoms with van der Waals surface area (Å²) in [7, 11) is 1.53. The van der Waals surface area contributed by atoms with Crippen molar-refractivity contribution in [3.05, 3.63) is 28.7 Å². The highest BCUT2D eigenvalue weighted by Crippen LogP contribution is 2.35. The molecule has 0 bridgehead atoms. The first-order valence-electron chi connectivity index (χ1n) is 10.9. The maximum atomic E-state index is 12.8. The first kappa shape index (κ1) is 25.0. The van der Waals surface area contributed by atoms with Crippen LogP contribution in [0.15, 0.2) is 23.1 Å². The zero-order valence-corrected chi connectivity index (χ0v) is 20.2. The molecule has 2 amide bonds. The third-order valence-electron chi connectivity index (χ3n) is 5.44. The van der Waals surface area contributed by atoms with Gasteiger partial charge in [-0.1, -0.05) is 36.5 Å². The number of unbranched alkanes of at least 4 members (excludes halogenated alkanes) is 2. The number of aliphatic carboxylic acids is 1. The average Bonchev–Trinajstić information content (AvgIpc) is 3.42. The average molecular weight is 493 g/mol. The van der Waals surface area contributed by atoms with Gasteiger partial charge in [0, 0.05) is 26.1 Å². The number of carbonyl (C=O) groups is 3. The third kappa shape index (κ3) is 6.94. The third-order valence-corrected chi connectivity index (χ3v) is 6.82. The van der Waals surface area contributed by atoms with Crippen molar-refractivity contribution in [2.45, 2.75) is 38.5 Å². The van der Waals surface area contributed by atoms with Crippen molar-refractivity contribution in [1.29, 1.82) is 0 Å². The number of carbonyl (C=O) groups excluding carboxylic acids is 2. The lowest BCUT2D eigenvalue weighted by atomic mass is 10.1. The van der Waals surface area contributed by atoms with Crippen LogP contribution in [-0.4, -0.2) is 70.4 Å². The number of hydrogen-bond donors (Lipinski definition) is 1. The summed E-state index contributed by atoms with van der Waals surface area (Å²) in [5.41, 5.74) is 0.757. The van der Waals surface area contributed by atoms with E-state index in [1.54, 1.807) is 34.1 Å². The largest absolute Gasteiger partial charge is 0.493 e. The number of likely N-dealkylation sites (tertiary alicyclic amines) is 1. The highest BCUT2D eigenvalue weighted by Gasteiger charge is 2.31. The van der Waals surface area contributed by atoms with Crippen molar-refractivity contribution in [2.75, 3.05) is 33.4 Å².